The van der Waals surface area contributed by atoms with Crippen LogP contribution in [0.5, 0.6) is 0 Å². The number of fused-ring (bicyclic) bond motifs is 1. The molecule has 1 aliphatic rings. The van der Waals surface area contributed by atoms with Crippen LogP contribution in [-0.2, 0) is 0 Å². The van der Waals surface area contributed by atoms with E-state index in [-0.39, 0.29) is 6.04 Å². The fourth-order valence-corrected chi connectivity index (χ4v) is 3.36. The van der Waals surface area contributed by atoms with Crippen molar-refractivity contribution in [3.63, 3.8) is 0 Å². The average molecular weight is 255 g/mol. The van der Waals surface area contributed by atoms with Gasteiger partial charge in [0.2, 0.25) is 0 Å². The highest BCUT2D eigenvalue weighted by Gasteiger charge is 2.25. The Kier molecular flexibility index (Phi) is 3.76. The first-order chi connectivity index (χ1) is 9.40. The van der Waals surface area contributed by atoms with Gasteiger partial charge in [-0.05, 0) is 35.8 Å². The zero-order chi connectivity index (χ0) is 13.1. The molecule has 2 aromatic rings. The summed E-state index contributed by atoms with van der Waals surface area (Å²) < 4.78 is 0. The molecule has 3 heteroatoms. The zero-order valence-electron chi connectivity index (χ0n) is 11.2. The average Bonchev–Trinajstić information content (AvgIpc) is 2.49. The molecule has 19 heavy (non-hydrogen) atoms. The van der Waals surface area contributed by atoms with Gasteiger partial charge in [-0.2, -0.15) is 0 Å². The molecule has 1 heterocycles. The van der Waals surface area contributed by atoms with E-state index in [1.54, 1.807) is 0 Å². The van der Waals surface area contributed by atoms with Crippen molar-refractivity contribution in [1.82, 2.24) is 10.4 Å². The van der Waals surface area contributed by atoms with E-state index in [1.807, 2.05) is 12.4 Å². The minimum atomic E-state index is 0.244. The van der Waals surface area contributed by atoms with Crippen LogP contribution in [-0.4, -0.2) is 4.98 Å². The van der Waals surface area contributed by atoms with Crippen molar-refractivity contribution in [1.29, 1.82) is 0 Å². The standard InChI is InChI=1S/C16H21N3/c17-19-16(13-5-2-1-3-6-13)14-8-4-7-12-9-10-18-11-15(12)14/h4,7-11,13,16,19H,1-3,5-6,17H2. The third-order valence-corrected chi connectivity index (χ3v) is 4.35. The number of nitrogens with one attached hydrogen (secondary N) is 1. The lowest BCUT2D eigenvalue weighted by atomic mass is 9.80. The van der Waals surface area contributed by atoms with E-state index in [0.717, 1.165) is 0 Å². The summed E-state index contributed by atoms with van der Waals surface area (Å²) in [5, 5.41) is 2.46. The third-order valence-electron chi connectivity index (χ3n) is 4.35. The molecular weight excluding hydrogens is 234 g/mol. The summed E-state index contributed by atoms with van der Waals surface area (Å²) in [5.41, 5.74) is 4.34. The van der Waals surface area contributed by atoms with Crippen molar-refractivity contribution in [3.8, 4) is 0 Å². The maximum atomic E-state index is 5.86. The van der Waals surface area contributed by atoms with Crippen LogP contribution in [0.4, 0.5) is 0 Å². The Morgan fingerprint density at radius 3 is 2.79 bits per heavy atom. The molecule has 0 saturated heterocycles. The number of hydrogen-bond acceptors (Lipinski definition) is 3. The zero-order valence-corrected chi connectivity index (χ0v) is 11.2. The minimum Gasteiger partial charge on any atom is -0.271 e. The van der Waals surface area contributed by atoms with Crippen molar-refractivity contribution >= 4 is 10.8 Å². The topological polar surface area (TPSA) is 50.9 Å². The molecule has 1 aromatic carbocycles. The van der Waals surface area contributed by atoms with Crippen LogP contribution < -0.4 is 11.3 Å². The Morgan fingerprint density at radius 1 is 1.16 bits per heavy atom. The molecule has 1 atom stereocenters. The van der Waals surface area contributed by atoms with Crippen LogP contribution in [0, 0.1) is 5.92 Å². The largest absolute Gasteiger partial charge is 0.271 e. The predicted molar refractivity (Wildman–Crippen MR) is 78.4 cm³/mol. The second-order valence-corrected chi connectivity index (χ2v) is 5.49. The molecule has 3 N–H and O–H groups in total. The lowest BCUT2D eigenvalue weighted by Gasteiger charge is -2.30. The lowest BCUT2D eigenvalue weighted by molar-refractivity contribution is 0.274. The quantitative estimate of drug-likeness (QED) is 0.653. The highest BCUT2D eigenvalue weighted by molar-refractivity contribution is 5.85. The van der Waals surface area contributed by atoms with Crippen molar-refractivity contribution in [2.45, 2.75) is 38.1 Å². The first-order valence-electron chi connectivity index (χ1n) is 7.19. The molecular formula is C16H21N3. The third kappa shape index (κ3) is 2.48. The second-order valence-electron chi connectivity index (χ2n) is 5.49. The maximum absolute atomic E-state index is 5.86. The number of aromatic nitrogens is 1. The summed E-state index contributed by atoms with van der Waals surface area (Å²) >= 11 is 0. The monoisotopic (exact) mass is 255 g/mol. The molecule has 1 saturated carbocycles. The number of hydrogen-bond donors (Lipinski definition) is 2. The number of nitrogens with two attached hydrogens (primary N) is 1. The van der Waals surface area contributed by atoms with Gasteiger partial charge >= 0.3 is 0 Å². The number of benzene rings is 1. The van der Waals surface area contributed by atoms with E-state index in [9.17, 15) is 0 Å². The van der Waals surface area contributed by atoms with Crippen LogP contribution in [0.2, 0.25) is 0 Å². The van der Waals surface area contributed by atoms with Crippen molar-refractivity contribution in [3.05, 3.63) is 42.2 Å². The normalized spacial score (nSPS) is 18.6. The fraction of sp³-hybridized carbons (Fsp3) is 0.438. The summed E-state index contributed by atoms with van der Waals surface area (Å²) in [5.74, 6) is 6.50. The Labute approximate surface area is 114 Å². The van der Waals surface area contributed by atoms with Crippen LogP contribution in [0.3, 0.4) is 0 Å². The van der Waals surface area contributed by atoms with Crippen molar-refractivity contribution in [2.24, 2.45) is 11.8 Å². The maximum Gasteiger partial charge on any atom is 0.0494 e. The first-order valence-corrected chi connectivity index (χ1v) is 7.19. The Balaban J connectivity index is 2.00. The lowest BCUT2D eigenvalue weighted by Crippen LogP contribution is -2.34. The van der Waals surface area contributed by atoms with Gasteiger partial charge in [-0.3, -0.25) is 16.3 Å². The summed E-state index contributed by atoms with van der Waals surface area (Å²) in [6, 6.07) is 8.74. The van der Waals surface area contributed by atoms with Crippen molar-refractivity contribution in [2.75, 3.05) is 0 Å². The Bertz CT molecular complexity index is 541. The molecule has 100 valence electrons. The predicted octanol–water partition coefficient (Wildman–Crippen LogP) is 3.32. The van der Waals surface area contributed by atoms with Crippen LogP contribution in [0.25, 0.3) is 10.8 Å². The number of rotatable bonds is 3. The highest BCUT2D eigenvalue weighted by atomic mass is 15.2. The van der Waals surface area contributed by atoms with Gasteiger partial charge < -0.3 is 0 Å². The summed E-state index contributed by atoms with van der Waals surface area (Å²) in [6.07, 6.45) is 10.4. The molecule has 0 aliphatic heterocycles. The van der Waals surface area contributed by atoms with E-state index < -0.39 is 0 Å². The SMILES string of the molecule is NNC(c1cccc2ccncc12)C1CCCCC1. The number of hydrazine groups is 1. The molecule has 0 spiro atoms. The van der Waals surface area contributed by atoms with E-state index in [0.29, 0.717) is 5.92 Å². The summed E-state index contributed by atoms with van der Waals surface area (Å²) in [4.78, 5) is 4.27. The summed E-state index contributed by atoms with van der Waals surface area (Å²) in [7, 11) is 0. The number of pyridine rings is 1. The van der Waals surface area contributed by atoms with Gasteiger partial charge in [0.25, 0.3) is 0 Å². The molecule has 0 radical (unpaired) electrons. The van der Waals surface area contributed by atoms with E-state index in [1.165, 1.54) is 48.4 Å². The van der Waals surface area contributed by atoms with E-state index >= 15 is 0 Å². The van der Waals surface area contributed by atoms with Crippen molar-refractivity contribution < 1.29 is 0 Å². The van der Waals surface area contributed by atoms with Gasteiger partial charge in [-0.25, -0.2) is 0 Å². The Hall–Kier alpha value is -1.45. The molecule has 1 aromatic heterocycles. The second kappa shape index (κ2) is 5.68. The van der Waals surface area contributed by atoms with Crippen LogP contribution in [0.1, 0.15) is 43.7 Å². The molecule has 0 amide bonds. The first kappa shape index (κ1) is 12.6. The smallest absolute Gasteiger partial charge is 0.0494 e. The van der Waals surface area contributed by atoms with E-state index in [2.05, 4.69) is 34.7 Å². The van der Waals surface area contributed by atoms with Gasteiger partial charge in [0.15, 0.2) is 0 Å². The molecule has 1 aliphatic carbocycles. The van der Waals surface area contributed by atoms with Gasteiger partial charge in [-0.1, -0.05) is 37.5 Å². The molecule has 1 fully saturated rings. The van der Waals surface area contributed by atoms with Gasteiger partial charge in [0.05, 0.1) is 0 Å². The molecule has 1 unspecified atom stereocenters. The molecule has 3 rings (SSSR count). The number of nitrogens with zero attached hydrogens (tertiary/aromatic N) is 1. The van der Waals surface area contributed by atoms with Crippen LogP contribution in [0.15, 0.2) is 36.7 Å². The molecule has 0 bridgehead atoms. The van der Waals surface area contributed by atoms with Gasteiger partial charge in [0, 0.05) is 23.8 Å². The van der Waals surface area contributed by atoms with Crippen LogP contribution >= 0.6 is 0 Å². The van der Waals surface area contributed by atoms with Gasteiger partial charge in [-0.15, -0.1) is 0 Å². The highest BCUT2D eigenvalue weighted by Crippen LogP contribution is 2.36. The molecule has 3 nitrogen and oxygen atoms in total. The minimum absolute atomic E-state index is 0.244. The fourth-order valence-electron chi connectivity index (χ4n) is 3.36. The van der Waals surface area contributed by atoms with Gasteiger partial charge in [0.1, 0.15) is 0 Å². The Morgan fingerprint density at radius 2 is 2.00 bits per heavy atom. The van der Waals surface area contributed by atoms with E-state index in [4.69, 9.17) is 5.84 Å². The summed E-state index contributed by atoms with van der Waals surface area (Å²) in [6.45, 7) is 0.